The third-order valence-electron chi connectivity index (χ3n) is 6.34. The normalized spacial score (nSPS) is 41.2. The van der Waals surface area contributed by atoms with Gasteiger partial charge in [-0.15, -0.1) is 0 Å². The lowest BCUT2D eigenvalue weighted by Gasteiger charge is -2.53. The third-order valence-corrected chi connectivity index (χ3v) is 6.34. The lowest BCUT2D eigenvalue weighted by Crippen LogP contribution is -2.55. The number of rotatable bonds is 4. The van der Waals surface area contributed by atoms with Crippen molar-refractivity contribution >= 4 is 5.97 Å². The van der Waals surface area contributed by atoms with E-state index in [9.17, 15) is 4.79 Å². The second-order valence-electron chi connectivity index (χ2n) is 8.20. The number of carbonyl (C=O) groups excluding carboxylic acids is 1. The Morgan fingerprint density at radius 2 is 2.09 bits per heavy atom. The summed E-state index contributed by atoms with van der Waals surface area (Å²) < 4.78 is 18.0. The van der Waals surface area contributed by atoms with Crippen molar-refractivity contribution in [2.24, 2.45) is 11.3 Å². The van der Waals surface area contributed by atoms with E-state index in [0.29, 0.717) is 19.1 Å². The maximum absolute atomic E-state index is 11.3. The first-order valence-corrected chi connectivity index (χ1v) is 8.89. The molecule has 0 unspecified atom stereocenters. The van der Waals surface area contributed by atoms with E-state index in [1.54, 1.807) is 0 Å². The molecular weight excluding hydrogens is 292 g/mol. The molecule has 1 saturated heterocycles. The molecular formula is C19H30O4. The van der Waals surface area contributed by atoms with Crippen LogP contribution < -0.4 is 0 Å². The van der Waals surface area contributed by atoms with Gasteiger partial charge in [-0.25, -0.2) is 0 Å². The molecule has 2 aliphatic carbocycles. The van der Waals surface area contributed by atoms with Gasteiger partial charge in [0.1, 0.15) is 6.61 Å². The van der Waals surface area contributed by atoms with Crippen LogP contribution in [0, 0.1) is 11.3 Å². The number of hydrogen-bond donors (Lipinski definition) is 0. The Morgan fingerprint density at radius 3 is 2.74 bits per heavy atom. The molecule has 0 aromatic carbocycles. The van der Waals surface area contributed by atoms with Gasteiger partial charge in [-0.1, -0.05) is 13.0 Å². The van der Waals surface area contributed by atoms with E-state index in [4.69, 9.17) is 14.2 Å². The van der Waals surface area contributed by atoms with E-state index in [1.165, 1.54) is 13.3 Å². The minimum absolute atomic E-state index is 0.0430. The molecule has 1 heterocycles. The van der Waals surface area contributed by atoms with Crippen molar-refractivity contribution in [2.45, 2.75) is 77.6 Å². The average Bonchev–Trinajstić information content (AvgIpc) is 2.68. The van der Waals surface area contributed by atoms with Crippen molar-refractivity contribution < 1.29 is 19.0 Å². The Kier molecular flexibility index (Phi) is 4.13. The zero-order valence-corrected chi connectivity index (χ0v) is 15.1. The fourth-order valence-electron chi connectivity index (χ4n) is 5.06. The molecule has 2 fully saturated rings. The first kappa shape index (κ1) is 17.0. The van der Waals surface area contributed by atoms with Crippen molar-refractivity contribution in [1.82, 2.24) is 0 Å². The van der Waals surface area contributed by atoms with E-state index in [-0.39, 0.29) is 28.7 Å². The van der Waals surface area contributed by atoms with Gasteiger partial charge in [0.2, 0.25) is 0 Å². The maximum Gasteiger partial charge on any atom is 0.302 e. The van der Waals surface area contributed by atoms with Crippen molar-refractivity contribution in [3.63, 3.8) is 0 Å². The molecule has 0 radical (unpaired) electrons. The van der Waals surface area contributed by atoms with Crippen molar-refractivity contribution in [3.05, 3.63) is 11.6 Å². The fraction of sp³-hybridized carbons (Fsp3) is 0.842. The van der Waals surface area contributed by atoms with E-state index >= 15 is 0 Å². The van der Waals surface area contributed by atoms with Crippen LogP contribution in [0.2, 0.25) is 0 Å². The number of esters is 1. The molecule has 3 aliphatic rings. The highest BCUT2D eigenvalue weighted by atomic mass is 16.5. The summed E-state index contributed by atoms with van der Waals surface area (Å²) in [5.41, 5.74) is 0.727. The van der Waals surface area contributed by atoms with Crippen LogP contribution in [0.5, 0.6) is 0 Å². The molecule has 130 valence electrons. The number of carbonyl (C=O) groups is 1. The summed E-state index contributed by atoms with van der Waals surface area (Å²) in [5.74, 6) is 0.326. The van der Waals surface area contributed by atoms with Crippen LogP contribution in [0.4, 0.5) is 0 Å². The van der Waals surface area contributed by atoms with Crippen LogP contribution >= 0.6 is 0 Å². The van der Waals surface area contributed by atoms with Crippen LogP contribution in [0.15, 0.2) is 11.6 Å². The Morgan fingerprint density at radius 1 is 1.35 bits per heavy atom. The summed E-state index contributed by atoms with van der Waals surface area (Å²) in [5, 5.41) is 0. The highest BCUT2D eigenvalue weighted by Crippen LogP contribution is 2.64. The summed E-state index contributed by atoms with van der Waals surface area (Å²) in [4.78, 5) is 11.3. The summed E-state index contributed by atoms with van der Waals surface area (Å²) in [7, 11) is 0. The van der Waals surface area contributed by atoms with Gasteiger partial charge in [-0.2, -0.15) is 0 Å². The van der Waals surface area contributed by atoms with Crippen LogP contribution in [0.1, 0.15) is 60.3 Å². The topological polar surface area (TPSA) is 44.8 Å². The maximum atomic E-state index is 11.3. The smallest absolute Gasteiger partial charge is 0.302 e. The molecule has 3 rings (SSSR count). The van der Waals surface area contributed by atoms with Crippen LogP contribution in [0.25, 0.3) is 0 Å². The van der Waals surface area contributed by atoms with Crippen molar-refractivity contribution in [3.8, 4) is 0 Å². The van der Waals surface area contributed by atoms with Crippen molar-refractivity contribution in [2.75, 3.05) is 13.2 Å². The quantitative estimate of drug-likeness (QED) is 0.585. The molecule has 0 N–H and O–H groups in total. The van der Waals surface area contributed by atoms with Gasteiger partial charge < -0.3 is 14.2 Å². The predicted molar refractivity (Wildman–Crippen MR) is 88.1 cm³/mol. The largest absolute Gasteiger partial charge is 0.461 e. The number of ether oxygens (including phenoxy) is 3. The standard InChI is InChI=1S/C19H30O4/c1-6-21-16-9-15(12-22-13(2)20)19-10-14(17(3,4)23-19)7-8-18(19,5)11-16/h9,14,16H,6-8,10-12H2,1-5H3/t14-,16+,18-,19+/m1/s1. The Bertz CT molecular complexity index is 523. The minimum atomic E-state index is -0.303. The molecule has 4 atom stereocenters. The van der Waals surface area contributed by atoms with Crippen LogP contribution in [-0.2, 0) is 19.0 Å². The first-order valence-electron chi connectivity index (χ1n) is 8.89. The van der Waals surface area contributed by atoms with Gasteiger partial charge in [-0.05, 0) is 57.9 Å². The third kappa shape index (κ3) is 2.64. The number of fused-ring (bicyclic) bond motifs is 1. The lowest BCUT2D eigenvalue weighted by atomic mass is 9.55. The van der Waals surface area contributed by atoms with E-state index in [2.05, 4.69) is 26.8 Å². The second kappa shape index (κ2) is 5.59. The predicted octanol–water partition coefficient (Wildman–Crippen LogP) is 3.64. The minimum Gasteiger partial charge on any atom is -0.461 e. The van der Waals surface area contributed by atoms with Crippen molar-refractivity contribution in [1.29, 1.82) is 0 Å². The van der Waals surface area contributed by atoms with Gasteiger partial charge in [0, 0.05) is 18.9 Å². The van der Waals surface area contributed by atoms with Crippen LogP contribution in [0.3, 0.4) is 0 Å². The molecule has 4 heteroatoms. The second-order valence-corrected chi connectivity index (χ2v) is 8.20. The van der Waals surface area contributed by atoms with Gasteiger partial charge in [-0.3, -0.25) is 4.79 Å². The molecule has 4 nitrogen and oxygen atoms in total. The Balaban J connectivity index is 1.99. The molecule has 0 aromatic heterocycles. The SMILES string of the molecule is CCO[C@H]1C=C(COC(C)=O)[C@@]23C[C@@H](CC[C@]2(C)C1)C(C)(C)O3. The zero-order chi connectivity index (χ0) is 16.9. The number of hydrogen-bond acceptors (Lipinski definition) is 4. The summed E-state index contributed by atoms with van der Waals surface area (Å²) >= 11 is 0. The van der Waals surface area contributed by atoms with E-state index < -0.39 is 0 Å². The van der Waals surface area contributed by atoms with Crippen LogP contribution in [-0.4, -0.2) is 36.5 Å². The Labute approximate surface area is 139 Å². The highest BCUT2D eigenvalue weighted by molar-refractivity contribution is 5.66. The molecule has 1 aliphatic heterocycles. The molecule has 0 amide bonds. The van der Waals surface area contributed by atoms with E-state index in [1.807, 2.05) is 6.92 Å². The summed E-state index contributed by atoms with van der Waals surface area (Å²) in [6.45, 7) is 11.2. The molecule has 1 saturated carbocycles. The molecule has 2 bridgehead atoms. The fourth-order valence-corrected chi connectivity index (χ4v) is 5.06. The summed E-state index contributed by atoms with van der Waals surface area (Å²) in [6.07, 6.45) is 6.60. The monoisotopic (exact) mass is 322 g/mol. The highest BCUT2D eigenvalue weighted by Gasteiger charge is 2.65. The first-order chi connectivity index (χ1) is 10.7. The lowest BCUT2D eigenvalue weighted by molar-refractivity contribution is -0.154. The van der Waals surface area contributed by atoms with Gasteiger partial charge >= 0.3 is 5.97 Å². The van der Waals surface area contributed by atoms with E-state index in [0.717, 1.165) is 24.8 Å². The average molecular weight is 322 g/mol. The zero-order valence-electron chi connectivity index (χ0n) is 15.1. The van der Waals surface area contributed by atoms with Gasteiger partial charge in [0.15, 0.2) is 0 Å². The molecule has 23 heavy (non-hydrogen) atoms. The molecule has 1 spiro atoms. The summed E-state index contributed by atoms with van der Waals surface area (Å²) in [6, 6.07) is 0. The van der Waals surface area contributed by atoms with Gasteiger partial charge in [0.05, 0.1) is 17.3 Å². The Hall–Kier alpha value is -0.870. The molecule has 0 aromatic rings. The van der Waals surface area contributed by atoms with Gasteiger partial charge in [0.25, 0.3) is 0 Å².